The van der Waals surface area contributed by atoms with E-state index in [0.29, 0.717) is 13.2 Å². The number of para-hydroxylation sites is 2. The molecule has 0 spiro atoms. The number of methoxy groups -OCH3 is 2. The van der Waals surface area contributed by atoms with Gasteiger partial charge in [0, 0.05) is 31.3 Å². The van der Waals surface area contributed by atoms with E-state index in [1.54, 1.807) is 14.2 Å². The van der Waals surface area contributed by atoms with E-state index in [1.807, 2.05) is 48.5 Å². The van der Waals surface area contributed by atoms with E-state index in [-0.39, 0.29) is 6.10 Å². The van der Waals surface area contributed by atoms with Gasteiger partial charge >= 0.3 is 0 Å². The van der Waals surface area contributed by atoms with Crippen LogP contribution in [0.15, 0.2) is 65.1 Å². The second kappa shape index (κ2) is 8.50. The predicted molar refractivity (Wildman–Crippen MR) is 106 cm³/mol. The summed E-state index contributed by atoms with van der Waals surface area (Å²) in [4.78, 5) is 2.35. The number of nitrogens with zero attached hydrogens (tertiary/aromatic N) is 1. The zero-order chi connectivity index (χ0) is 19.3. The van der Waals surface area contributed by atoms with E-state index in [4.69, 9.17) is 18.6 Å². The maximum absolute atomic E-state index is 6.42. The number of benzene rings is 2. The standard InChI is InChI=1S/C23H25NO4/c1-25-16-19-12-11-18(27-19)14-24-13-17-7-3-5-9-21(17)28-23(15-24)20-8-4-6-10-22(20)26-2/h3-12,23H,13-16H2,1-2H3. The van der Waals surface area contributed by atoms with Crippen molar-refractivity contribution in [3.63, 3.8) is 0 Å². The molecule has 0 aliphatic carbocycles. The number of ether oxygens (including phenoxy) is 3. The topological polar surface area (TPSA) is 44.1 Å². The van der Waals surface area contributed by atoms with E-state index in [9.17, 15) is 0 Å². The van der Waals surface area contributed by atoms with Crippen LogP contribution in [0, 0.1) is 0 Å². The summed E-state index contributed by atoms with van der Waals surface area (Å²) in [5.41, 5.74) is 2.22. The third kappa shape index (κ3) is 4.06. The zero-order valence-corrected chi connectivity index (χ0v) is 16.3. The van der Waals surface area contributed by atoms with Gasteiger partial charge < -0.3 is 18.6 Å². The van der Waals surface area contributed by atoms with Crippen LogP contribution in [0.2, 0.25) is 0 Å². The minimum absolute atomic E-state index is 0.131. The molecule has 28 heavy (non-hydrogen) atoms. The Hall–Kier alpha value is -2.76. The fourth-order valence-corrected chi connectivity index (χ4v) is 3.64. The van der Waals surface area contributed by atoms with E-state index in [2.05, 4.69) is 17.0 Å². The van der Waals surface area contributed by atoms with Crippen molar-refractivity contribution in [3.05, 3.63) is 83.3 Å². The maximum atomic E-state index is 6.42. The van der Waals surface area contributed by atoms with E-state index in [0.717, 1.165) is 41.7 Å². The van der Waals surface area contributed by atoms with Crippen LogP contribution in [0.5, 0.6) is 11.5 Å². The summed E-state index contributed by atoms with van der Waals surface area (Å²) >= 11 is 0. The maximum Gasteiger partial charge on any atom is 0.140 e. The molecule has 0 N–H and O–H groups in total. The first-order valence-corrected chi connectivity index (χ1v) is 9.43. The molecule has 1 atom stereocenters. The first-order chi connectivity index (χ1) is 13.8. The number of furan rings is 1. The van der Waals surface area contributed by atoms with E-state index >= 15 is 0 Å². The van der Waals surface area contributed by atoms with Crippen LogP contribution in [-0.4, -0.2) is 25.7 Å². The lowest BCUT2D eigenvalue weighted by Crippen LogP contribution is -2.27. The van der Waals surface area contributed by atoms with Crippen molar-refractivity contribution < 1.29 is 18.6 Å². The van der Waals surface area contributed by atoms with Gasteiger partial charge in [0.1, 0.15) is 35.7 Å². The minimum Gasteiger partial charge on any atom is -0.496 e. The van der Waals surface area contributed by atoms with Gasteiger partial charge in [-0.2, -0.15) is 0 Å². The minimum atomic E-state index is -0.131. The van der Waals surface area contributed by atoms with Gasteiger partial charge in [0.05, 0.1) is 13.7 Å². The Kier molecular flexibility index (Phi) is 5.65. The van der Waals surface area contributed by atoms with Crippen molar-refractivity contribution in [1.29, 1.82) is 0 Å². The molecule has 2 heterocycles. The van der Waals surface area contributed by atoms with Crippen LogP contribution in [0.4, 0.5) is 0 Å². The fraction of sp³-hybridized carbons (Fsp3) is 0.304. The van der Waals surface area contributed by atoms with Crippen molar-refractivity contribution in [2.24, 2.45) is 0 Å². The second-order valence-corrected chi connectivity index (χ2v) is 6.93. The molecule has 1 aromatic heterocycles. The fourth-order valence-electron chi connectivity index (χ4n) is 3.64. The van der Waals surface area contributed by atoms with Gasteiger partial charge in [0.2, 0.25) is 0 Å². The Balaban J connectivity index is 1.63. The molecule has 1 aliphatic rings. The smallest absolute Gasteiger partial charge is 0.140 e. The molecule has 2 aromatic carbocycles. The van der Waals surface area contributed by atoms with Gasteiger partial charge in [-0.15, -0.1) is 0 Å². The highest BCUT2D eigenvalue weighted by atomic mass is 16.5. The van der Waals surface area contributed by atoms with Gasteiger partial charge in [-0.3, -0.25) is 4.90 Å². The molecule has 5 nitrogen and oxygen atoms in total. The Bertz CT molecular complexity index is 920. The zero-order valence-electron chi connectivity index (χ0n) is 16.3. The molecule has 0 radical (unpaired) electrons. The molecule has 0 bridgehead atoms. The molecule has 0 amide bonds. The van der Waals surface area contributed by atoms with E-state index < -0.39 is 0 Å². The molecule has 4 rings (SSSR count). The monoisotopic (exact) mass is 379 g/mol. The molecule has 1 unspecified atom stereocenters. The van der Waals surface area contributed by atoms with Crippen LogP contribution >= 0.6 is 0 Å². The average molecular weight is 379 g/mol. The lowest BCUT2D eigenvalue weighted by molar-refractivity contribution is 0.131. The highest BCUT2D eigenvalue weighted by molar-refractivity contribution is 5.39. The first-order valence-electron chi connectivity index (χ1n) is 9.43. The molecule has 0 fully saturated rings. The van der Waals surface area contributed by atoms with Crippen LogP contribution in [0.25, 0.3) is 0 Å². The SMILES string of the molecule is COCc1ccc(CN2Cc3ccccc3OC(c3ccccc3OC)C2)o1. The lowest BCUT2D eigenvalue weighted by Gasteiger charge is -2.24. The highest BCUT2D eigenvalue weighted by Gasteiger charge is 2.26. The van der Waals surface area contributed by atoms with Gasteiger partial charge in [-0.25, -0.2) is 0 Å². The van der Waals surface area contributed by atoms with E-state index in [1.165, 1.54) is 5.56 Å². The molecule has 1 aliphatic heterocycles. The van der Waals surface area contributed by atoms with Crippen molar-refractivity contribution in [2.45, 2.75) is 25.8 Å². The first kappa shape index (κ1) is 18.6. The van der Waals surface area contributed by atoms with Crippen LogP contribution in [0.3, 0.4) is 0 Å². The molecular weight excluding hydrogens is 354 g/mol. The normalized spacial score (nSPS) is 16.9. The Morgan fingerprint density at radius 1 is 0.964 bits per heavy atom. The number of hydrogen-bond donors (Lipinski definition) is 0. The summed E-state index contributed by atoms with van der Waals surface area (Å²) in [7, 11) is 3.37. The van der Waals surface area contributed by atoms with Gasteiger partial charge in [-0.1, -0.05) is 36.4 Å². The van der Waals surface area contributed by atoms with Crippen molar-refractivity contribution in [2.75, 3.05) is 20.8 Å². The number of fused-ring (bicyclic) bond motifs is 1. The second-order valence-electron chi connectivity index (χ2n) is 6.93. The Morgan fingerprint density at radius 3 is 2.61 bits per heavy atom. The Labute approximate surface area is 165 Å². The molecule has 146 valence electrons. The third-order valence-electron chi connectivity index (χ3n) is 4.93. The van der Waals surface area contributed by atoms with Crippen LogP contribution in [-0.2, 0) is 24.4 Å². The Morgan fingerprint density at radius 2 is 1.75 bits per heavy atom. The molecular formula is C23H25NO4. The van der Waals surface area contributed by atoms with Gasteiger partial charge in [0.25, 0.3) is 0 Å². The van der Waals surface area contributed by atoms with Gasteiger partial charge in [0.15, 0.2) is 0 Å². The summed E-state index contributed by atoms with van der Waals surface area (Å²) in [5, 5.41) is 0. The summed E-state index contributed by atoms with van der Waals surface area (Å²) in [6.45, 7) is 2.71. The quantitative estimate of drug-likeness (QED) is 0.628. The van der Waals surface area contributed by atoms with Crippen molar-refractivity contribution in [3.8, 4) is 11.5 Å². The number of hydrogen-bond acceptors (Lipinski definition) is 5. The van der Waals surface area contributed by atoms with Crippen LogP contribution < -0.4 is 9.47 Å². The molecule has 0 saturated carbocycles. The van der Waals surface area contributed by atoms with Crippen molar-refractivity contribution in [1.82, 2.24) is 4.90 Å². The summed E-state index contributed by atoms with van der Waals surface area (Å²) in [5.74, 6) is 3.52. The largest absolute Gasteiger partial charge is 0.496 e. The highest BCUT2D eigenvalue weighted by Crippen LogP contribution is 2.35. The average Bonchev–Trinajstić information content (AvgIpc) is 3.06. The van der Waals surface area contributed by atoms with Gasteiger partial charge in [-0.05, 0) is 24.3 Å². The molecule has 3 aromatic rings. The molecule has 0 saturated heterocycles. The van der Waals surface area contributed by atoms with Crippen LogP contribution in [0.1, 0.15) is 28.8 Å². The predicted octanol–water partition coefficient (Wildman–Crippen LogP) is 4.57. The summed E-state index contributed by atoms with van der Waals surface area (Å²) in [6.07, 6.45) is -0.131. The lowest BCUT2D eigenvalue weighted by atomic mass is 10.1. The third-order valence-corrected chi connectivity index (χ3v) is 4.93. The van der Waals surface area contributed by atoms with Crippen molar-refractivity contribution >= 4 is 0 Å². The number of rotatable bonds is 6. The molecule has 5 heteroatoms. The summed E-state index contributed by atoms with van der Waals surface area (Å²) in [6, 6.07) is 20.2. The summed E-state index contributed by atoms with van der Waals surface area (Å²) < 4.78 is 23.1.